The van der Waals surface area contributed by atoms with Gasteiger partial charge in [0.25, 0.3) is 11.6 Å². The molecular weight excluding hydrogens is 339 g/mol. The first-order chi connectivity index (χ1) is 10.2. The Bertz CT molecular complexity index is 606. The van der Waals surface area contributed by atoms with Crippen molar-refractivity contribution in [1.82, 2.24) is 5.32 Å². The van der Waals surface area contributed by atoms with Gasteiger partial charge >= 0.3 is 6.18 Å². The number of rotatable bonds is 5. The van der Waals surface area contributed by atoms with Crippen molar-refractivity contribution in [2.75, 3.05) is 6.54 Å². The minimum absolute atomic E-state index is 0. The van der Waals surface area contributed by atoms with Crippen LogP contribution < -0.4 is 11.1 Å². The van der Waals surface area contributed by atoms with Gasteiger partial charge in [0.2, 0.25) is 0 Å². The second-order valence-corrected chi connectivity index (χ2v) is 5.14. The molecule has 0 saturated heterocycles. The lowest BCUT2D eigenvalue weighted by molar-refractivity contribution is -0.385. The molecule has 10 heteroatoms. The summed E-state index contributed by atoms with van der Waals surface area (Å²) in [5, 5.41) is 13.5. The molecule has 128 valence electrons. The van der Waals surface area contributed by atoms with Crippen LogP contribution in [-0.2, 0) is 6.18 Å². The van der Waals surface area contributed by atoms with Gasteiger partial charge in [-0.15, -0.1) is 12.4 Å². The van der Waals surface area contributed by atoms with E-state index in [2.05, 4.69) is 5.32 Å². The highest BCUT2D eigenvalue weighted by atomic mass is 35.5. The monoisotopic (exact) mass is 353 g/mol. The van der Waals surface area contributed by atoms with Gasteiger partial charge in [0, 0.05) is 18.7 Å². The second kappa shape index (κ2) is 7.14. The summed E-state index contributed by atoms with van der Waals surface area (Å²) >= 11 is 0. The van der Waals surface area contributed by atoms with Crippen LogP contribution in [0, 0.1) is 16.0 Å². The molecule has 1 aromatic carbocycles. The molecule has 1 aliphatic rings. The molecule has 1 aromatic rings. The van der Waals surface area contributed by atoms with Crippen LogP contribution in [0.1, 0.15) is 28.8 Å². The number of nitrogens with two attached hydrogens (primary N) is 1. The Kier molecular flexibility index (Phi) is 5.95. The zero-order valence-corrected chi connectivity index (χ0v) is 12.6. The molecule has 0 heterocycles. The smallest absolute Gasteiger partial charge is 0.348 e. The zero-order valence-electron chi connectivity index (χ0n) is 11.8. The third-order valence-corrected chi connectivity index (χ3v) is 3.53. The summed E-state index contributed by atoms with van der Waals surface area (Å²) in [6.45, 7) is 0.171. The highest BCUT2D eigenvalue weighted by Crippen LogP contribution is 2.34. The molecule has 0 bridgehead atoms. The van der Waals surface area contributed by atoms with E-state index in [1.165, 1.54) is 0 Å². The summed E-state index contributed by atoms with van der Waals surface area (Å²) in [6, 6.07) is 1.51. The van der Waals surface area contributed by atoms with Gasteiger partial charge in [0.15, 0.2) is 0 Å². The second-order valence-electron chi connectivity index (χ2n) is 5.14. The minimum atomic E-state index is -4.71. The maximum absolute atomic E-state index is 12.6. The Hall–Kier alpha value is -1.87. The van der Waals surface area contributed by atoms with E-state index in [9.17, 15) is 28.1 Å². The Morgan fingerprint density at radius 3 is 2.48 bits per heavy atom. The first-order valence-electron chi connectivity index (χ1n) is 6.60. The maximum Gasteiger partial charge on any atom is 0.416 e. The number of nitro groups is 1. The Morgan fingerprint density at radius 1 is 1.43 bits per heavy atom. The number of hydrogen-bond donors (Lipinski definition) is 2. The minimum Gasteiger partial charge on any atom is -0.348 e. The number of carbonyl (C=O) groups excluding carboxylic acids is 1. The van der Waals surface area contributed by atoms with Crippen molar-refractivity contribution < 1.29 is 22.9 Å². The van der Waals surface area contributed by atoms with Crippen molar-refractivity contribution in [3.8, 4) is 0 Å². The number of nitro benzene ring substituents is 1. The summed E-state index contributed by atoms with van der Waals surface area (Å²) in [5.41, 5.74) is 3.07. The van der Waals surface area contributed by atoms with E-state index >= 15 is 0 Å². The van der Waals surface area contributed by atoms with E-state index in [4.69, 9.17) is 5.73 Å². The third kappa shape index (κ3) is 4.55. The lowest BCUT2D eigenvalue weighted by Crippen LogP contribution is -2.41. The van der Waals surface area contributed by atoms with Gasteiger partial charge in [-0.05, 0) is 30.9 Å². The molecule has 2 rings (SSSR count). The Morgan fingerprint density at radius 2 is 2.04 bits per heavy atom. The molecule has 1 aliphatic carbocycles. The number of carbonyl (C=O) groups is 1. The fraction of sp³-hybridized carbons (Fsp3) is 0.462. The van der Waals surface area contributed by atoms with Crippen molar-refractivity contribution in [2.24, 2.45) is 11.7 Å². The van der Waals surface area contributed by atoms with Gasteiger partial charge in [0.05, 0.1) is 10.5 Å². The molecule has 6 nitrogen and oxygen atoms in total. The van der Waals surface area contributed by atoms with E-state index < -0.39 is 33.8 Å². The molecule has 0 aromatic heterocycles. The quantitative estimate of drug-likeness (QED) is 0.627. The highest BCUT2D eigenvalue weighted by Gasteiger charge is 2.35. The number of benzene rings is 1. The number of nitrogens with one attached hydrogen (secondary N) is 1. The maximum atomic E-state index is 12.6. The molecule has 1 atom stereocenters. The fourth-order valence-electron chi connectivity index (χ4n) is 2.16. The van der Waals surface area contributed by atoms with Gasteiger partial charge in [-0.3, -0.25) is 14.9 Å². The van der Waals surface area contributed by atoms with Crippen LogP contribution in [-0.4, -0.2) is 23.4 Å². The van der Waals surface area contributed by atoms with E-state index in [0.717, 1.165) is 18.9 Å². The van der Waals surface area contributed by atoms with E-state index in [1.54, 1.807) is 0 Å². The van der Waals surface area contributed by atoms with Crippen molar-refractivity contribution in [3.63, 3.8) is 0 Å². The van der Waals surface area contributed by atoms with Crippen LogP contribution in [0.25, 0.3) is 0 Å². The van der Waals surface area contributed by atoms with Crippen LogP contribution in [0.2, 0.25) is 0 Å². The largest absolute Gasteiger partial charge is 0.416 e. The van der Waals surface area contributed by atoms with E-state index in [1.807, 2.05) is 0 Å². The van der Waals surface area contributed by atoms with Crippen LogP contribution in [0.4, 0.5) is 18.9 Å². The molecule has 1 amide bonds. The molecule has 1 unspecified atom stereocenters. The van der Waals surface area contributed by atoms with Gasteiger partial charge < -0.3 is 11.1 Å². The molecule has 3 N–H and O–H groups in total. The first-order valence-corrected chi connectivity index (χ1v) is 6.60. The zero-order chi connectivity index (χ0) is 16.5. The van der Waals surface area contributed by atoms with Gasteiger partial charge in [-0.25, -0.2) is 0 Å². The third-order valence-electron chi connectivity index (χ3n) is 3.53. The lowest BCUT2D eigenvalue weighted by atomic mass is 10.1. The standard InChI is InChI=1S/C13H14F3N3O3.ClH/c14-13(15,16)8-3-4-9(11(5-8)19(21)22)12(20)18-10(6-17)7-1-2-7;/h3-5,7,10H,1-2,6,17H2,(H,18,20);1H. The summed E-state index contributed by atoms with van der Waals surface area (Å²) in [7, 11) is 0. The number of amides is 1. The van der Waals surface area contributed by atoms with Gasteiger partial charge in [0.1, 0.15) is 5.56 Å². The topological polar surface area (TPSA) is 98.3 Å². The van der Waals surface area contributed by atoms with Crippen molar-refractivity contribution in [1.29, 1.82) is 0 Å². The van der Waals surface area contributed by atoms with Crippen LogP contribution in [0.15, 0.2) is 18.2 Å². The van der Waals surface area contributed by atoms with Crippen molar-refractivity contribution in [3.05, 3.63) is 39.4 Å². The number of hydrogen-bond acceptors (Lipinski definition) is 4. The molecule has 0 spiro atoms. The number of halogens is 4. The van der Waals surface area contributed by atoms with E-state index in [0.29, 0.717) is 12.1 Å². The molecule has 1 saturated carbocycles. The van der Waals surface area contributed by atoms with Crippen LogP contribution in [0.5, 0.6) is 0 Å². The lowest BCUT2D eigenvalue weighted by Gasteiger charge is -2.16. The van der Waals surface area contributed by atoms with Crippen LogP contribution >= 0.6 is 12.4 Å². The molecule has 0 aliphatic heterocycles. The fourth-order valence-corrected chi connectivity index (χ4v) is 2.16. The van der Waals surface area contributed by atoms with Gasteiger partial charge in [-0.1, -0.05) is 0 Å². The van der Waals surface area contributed by atoms with Crippen molar-refractivity contribution in [2.45, 2.75) is 25.1 Å². The summed E-state index contributed by atoms with van der Waals surface area (Å²) in [4.78, 5) is 22.0. The average molecular weight is 354 g/mol. The summed E-state index contributed by atoms with van der Waals surface area (Å²) in [5.74, 6) is -0.565. The first kappa shape index (κ1) is 19.2. The average Bonchev–Trinajstić information content (AvgIpc) is 3.27. The molecule has 23 heavy (non-hydrogen) atoms. The Balaban J connectivity index is 0.00000264. The van der Waals surface area contributed by atoms with Crippen LogP contribution in [0.3, 0.4) is 0 Å². The number of alkyl halides is 3. The molecule has 1 fully saturated rings. The molecular formula is C13H15ClF3N3O3. The van der Waals surface area contributed by atoms with Crippen molar-refractivity contribution >= 4 is 24.0 Å². The highest BCUT2D eigenvalue weighted by molar-refractivity contribution is 5.98. The molecule has 0 radical (unpaired) electrons. The summed E-state index contributed by atoms with van der Waals surface area (Å²) < 4.78 is 37.8. The predicted octanol–water partition coefficient (Wildman–Crippen LogP) is 2.50. The van der Waals surface area contributed by atoms with E-state index in [-0.39, 0.29) is 30.9 Å². The predicted molar refractivity (Wildman–Crippen MR) is 78.4 cm³/mol. The normalized spacial score (nSPS) is 15.5. The Labute approximate surface area is 135 Å². The SMILES string of the molecule is Cl.NCC(NC(=O)c1ccc(C(F)(F)F)cc1[N+](=O)[O-])C1CC1. The summed E-state index contributed by atoms with van der Waals surface area (Å²) in [6.07, 6.45) is -2.91. The van der Waals surface area contributed by atoms with Gasteiger partial charge in [-0.2, -0.15) is 13.2 Å². The number of nitrogens with zero attached hydrogens (tertiary/aromatic N) is 1.